The van der Waals surface area contributed by atoms with Crippen molar-refractivity contribution in [2.24, 2.45) is 5.92 Å². The van der Waals surface area contributed by atoms with Crippen LogP contribution >= 0.6 is 0 Å². The average molecular weight is 256 g/mol. The van der Waals surface area contributed by atoms with Gasteiger partial charge in [-0.05, 0) is 59.2 Å². The predicted octanol–water partition coefficient (Wildman–Crippen LogP) is 1.95. The summed E-state index contributed by atoms with van der Waals surface area (Å²) in [5, 5.41) is 12.6. The fraction of sp³-hybridized carbons (Fsp3) is 0.929. The number of hydrogen-bond acceptors (Lipinski definition) is 3. The number of carbonyl (C=O) groups is 1. The summed E-state index contributed by atoms with van der Waals surface area (Å²) >= 11 is 0. The molecule has 2 atom stereocenters. The van der Waals surface area contributed by atoms with Crippen molar-refractivity contribution in [3.8, 4) is 0 Å². The normalized spacial score (nSPS) is 28.2. The standard InChI is InChI=1S/C14H28N2O2/c1-5-16(11(2)3)10-8-12-7-6-9-14(12,15-4)13(17)18/h11-12,15H,5-10H2,1-4H3,(H,17,18). The second kappa shape index (κ2) is 6.53. The molecule has 1 rings (SSSR count). The molecule has 0 aromatic carbocycles. The van der Waals surface area contributed by atoms with Crippen molar-refractivity contribution < 1.29 is 9.90 Å². The van der Waals surface area contributed by atoms with Gasteiger partial charge in [-0.2, -0.15) is 0 Å². The van der Waals surface area contributed by atoms with Gasteiger partial charge in [-0.1, -0.05) is 13.3 Å². The van der Waals surface area contributed by atoms with E-state index in [2.05, 4.69) is 31.0 Å². The number of hydrogen-bond donors (Lipinski definition) is 2. The van der Waals surface area contributed by atoms with Crippen molar-refractivity contribution in [2.45, 2.75) is 58.0 Å². The maximum absolute atomic E-state index is 11.5. The summed E-state index contributed by atoms with van der Waals surface area (Å²) in [6.45, 7) is 8.58. The minimum Gasteiger partial charge on any atom is -0.480 e. The highest BCUT2D eigenvalue weighted by Crippen LogP contribution is 2.38. The van der Waals surface area contributed by atoms with Crippen molar-refractivity contribution in [2.75, 3.05) is 20.1 Å². The Labute approximate surface area is 111 Å². The number of carboxylic acid groups (broad SMARTS) is 1. The van der Waals surface area contributed by atoms with Gasteiger partial charge in [0.1, 0.15) is 5.54 Å². The molecule has 0 aromatic heterocycles. The molecule has 0 aliphatic heterocycles. The zero-order chi connectivity index (χ0) is 13.8. The van der Waals surface area contributed by atoms with Gasteiger partial charge in [0.15, 0.2) is 0 Å². The summed E-state index contributed by atoms with van der Waals surface area (Å²) in [6.07, 6.45) is 3.78. The molecule has 2 unspecified atom stereocenters. The van der Waals surface area contributed by atoms with Crippen LogP contribution in [0.5, 0.6) is 0 Å². The van der Waals surface area contributed by atoms with Gasteiger partial charge < -0.3 is 15.3 Å². The van der Waals surface area contributed by atoms with Crippen LogP contribution in [-0.4, -0.2) is 47.7 Å². The third-order valence-corrected chi connectivity index (χ3v) is 4.55. The van der Waals surface area contributed by atoms with Crippen molar-refractivity contribution >= 4 is 5.97 Å². The molecule has 0 saturated heterocycles. The molecule has 0 radical (unpaired) electrons. The smallest absolute Gasteiger partial charge is 0.324 e. The summed E-state index contributed by atoms with van der Waals surface area (Å²) in [4.78, 5) is 13.9. The van der Waals surface area contributed by atoms with Gasteiger partial charge in [0.05, 0.1) is 0 Å². The van der Waals surface area contributed by atoms with E-state index in [1.165, 1.54) is 0 Å². The molecule has 2 N–H and O–H groups in total. The van der Waals surface area contributed by atoms with E-state index in [0.717, 1.165) is 38.8 Å². The Kier molecular flexibility index (Phi) is 5.60. The van der Waals surface area contributed by atoms with Gasteiger partial charge in [-0.25, -0.2) is 0 Å². The first kappa shape index (κ1) is 15.4. The van der Waals surface area contributed by atoms with Crippen LogP contribution in [0.25, 0.3) is 0 Å². The second-order valence-electron chi connectivity index (χ2n) is 5.63. The van der Waals surface area contributed by atoms with E-state index in [-0.39, 0.29) is 5.92 Å². The topological polar surface area (TPSA) is 52.6 Å². The zero-order valence-corrected chi connectivity index (χ0v) is 12.2. The third-order valence-electron chi connectivity index (χ3n) is 4.55. The summed E-state index contributed by atoms with van der Waals surface area (Å²) in [5.74, 6) is -0.423. The van der Waals surface area contributed by atoms with E-state index < -0.39 is 11.5 Å². The fourth-order valence-corrected chi connectivity index (χ4v) is 3.29. The van der Waals surface area contributed by atoms with E-state index in [1.54, 1.807) is 7.05 Å². The molecule has 4 nitrogen and oxygen atoms in total. The molecular formula is C14H28N2O2. The highest BCUT2D eigenvalue weighted by atomic mass is 16.4. The molecule has 0 bridgehead atoms. The average Bonchev–Trinajstić information content (AvgIpc) is 2.73. The van der Waals surface area contributed by atoms with E-state index in [0.29, 0.717) is 6.04 Å². The highest BCUT2D eigenvalue weighted by Gasteiger charge is 2.47. The summed E-state index contributed by atoms with van der Waals surface area (Å²) in [6, 6.07) is 0.533. The van der Waals surface area contributed by atoms with Crippen molar-refractivity contribution in [3.63, 3.8) is 0 Å². The Hall–Kier alpha value is -0.610. The monoisotopic (exact) mass is 256 g/mol. The van der Waals surface area contributed by atoms with E-state index in [1.807, 2.05) is 0 Å². The molecule has 0 amide bonds. The number of nitrogens with one attached hydrogen (secondary N) is 1. The first-order valence-electron chi connectivity index (χ1n) is 7.14. The van der Waals surface area contributed by atoms with Gasteiger partial charge in [0, 0.05) is 6.04 Å². The van der Waals surface area contributed by atoms with Gasteiger partial charge in [-0.15, -0.1) is 0 Å². The molecule has 1 aliphatic carbocycles. The van der Waals surface area contributed by atoms with Gasteiger partial charge in [0.25, 0.3) is 0 Å². The lowest BCUT2D eigenvalue weighted by Gasteiger charge is -2.33. The molecule has 1 fully saturated rings. The summed E-state index contributed by atoms with van der Waals surface area (Å²) in [5.41, 5.74) is -0.684. The van der Waals surface area contributed by atoms with Gasteiger partial charge in [0.2, 0.25) is 0 Å². The highest BCUT2D eigenvalue weighted by molar-refractivity contribution is 5.79. The molecule has 0 heterocycles. The van der Waals surface area contributed by atoms with Crippen LogP contribution in [0.15, 0.2) is 0 Å². The summed E-state index contributed by atoms with van der Waals surface area (Å²) in [7, 11) is 1.78. The Morgan fingerprint density at radius 2 is 2.22 bits per heavy atom. The maximum atomic E-state index is 11.5. The Bertz CT molecular complexity index is 281. The van der Waals surface area contributed by atoms with Crippen molar-refractivity contribution in [1.29, 1.82) is 0 Å². The molecule has 4 heteroatoms. The van der Waals surface area contributed by atoms with Crippen LogP contribution in [-0.2, 0) is 4.79 Å². The lowest BCUT2D eigenvalue weighted by molar-refractivity contribution is -0.146. The second-order valence-corrected chi connectivity index (χ2v) is 5.63. The van der Waals surface area contributed by atoms with E-state index in [9.17, 15) is 9.90 Å². The van der Waals surface area contributed by atoms with Crippen molar-refractivity contribution in [1.82, 2.24) is 10.2 Å². The fourth-order valence-electron chi connectivity index (χ4n) is 3.29. The molecular weight excluding hydrogens is 228 g/mol. The SMILES string of the molecule is CCN(CCC1CCCC1(NC)C(=O)O)C(C)C. The Morgan fingerprint density at radius 3 is 2.67 bits per heavy atom. The quantitative estimate of drug-likeness (QED) is 0.731. The van der Waals surface area contributed by atoms with Crippen LogP contribution in [0, 0.1) is 5.92 Å². The lowest BCUT2D eigenvalue weighted by atomic mass is 9.84. The molecule has 1 saturated carbocycles. The van der Waals surface area contributed by atoms with Crippen LogP contribution in [0.2, 0.25) is 0 Å². The Morgan fingerprint density at radius 1 is 1.56 bits per heavy atom. The molecule has 0 aromatic rings. The molecule has 106 valence electrons. The minimum absolute atomic E-state index is 0.257. The first-order valence-corrected chi connectivity index (χ1v) is 7.14. The predicted molar refractivity (Wildman–Crippen MR) is 73.8 cm³/mol. The summed E-state index contributed by atoms with van der Waals surface area (Å²) < 4.78 is 0. The molecule has 0 spiro atoms. The van der Waals surface area contributed by atoms with Crippen molar-refractivity contribution in [3.05, 3.63) is 0 Å². The maximum Gasteiger partial charge on any atom is 0.324 e. The van der Waals surface area contributed by atoms with E-state index in [4.69, 9.17) is 0 Å². The number of carboxylic acids is 1. The largest absolute Gasteiger partial charge is 0.480 e. The van der Waals surface area contributed by atoms with Crippen LogP contribution < -0.4 is 5.32 Å². The third kappa shape index (κ3) is 3.04. The van der Waals surface area contributed by atoms with Crippen LogP contribution in [0.4, 0.5) is 0 Å². The van der Waals surface area contributed by atoms with Crippen LogP contribution in [0.1, 0.15) is 46.5 Å². The van der Waals surface area contributed by atoms with E-state index >= 15 is 0 Å². The van der Waals surface area contributed by atoms with Gasteiger partial charge in [-0.3, -0.25) is 4.79 Å². The first-order chi connectivity index (χ1) is 8.47. The number of rotatable bonds is 7. The minimum atomic E-state index is -0.684. The number of aliphatic carboxylic acids is 1. The lowest BCUT2D eigenvalue weighted by Crippen LogP contribution is -2.53. The van der Waals surface area contributed by atoms with Gasteiger partial charge >= 0.3 is 5.97 Å². The number of nitrogens with zero attached hydrogens (tertiary/aromatic N) is 1. The number of likely N-dealkylation sites (N-methyl/N-ethyl adjacent to an activating group) is 1. The van der Waals surface area contributed by atoms with Crippen LogP contribution in [0.3, 0.4) is 0 Å². The molecule has 18 heavy (non-hydrogen) atoms. The Balaban J connectivity index is 2.63. The molecule has 1 aliphatic rings. The zero-order valence-electron chi connectivity index (χ0n) is 12.2.